The van der Waals surface area contributed by atoms with Crippen LogP contribution < -0.4 is 5.32 Å². The molecule has 0 bridgehead atoms. The van der Waals surface area contributed by atoms with E-state index in [9.17, 15) is 9.59 Å². The minimum atomic E-state index is -1.08. The Morgan fingerprint density at radius 2 is 2.10 bits per heavy atom. The van der Waals surface area contributed by atoms with Crippen molar-refractivity contribution in [2.75, 3.05) is 18.4 Å². The van der Waals surface area contributed by atoms with Gasteiger partial charge in [0.05, 0.1) is 11.9 Å². The van der Waals surface area contributed by atoms with Crippen LogP contribution in [-0.2, 0) is 0 Å². The van der Waals surface area contributed by atoms with Gasteiger partial charge in [-0.25, -0.2) is 14.6 Å². The summed E-state index contributed by atoms with van der Waals surface area (Å²) in [6.07, 6.45) is 5.90. The maximum absolute atomic E-state index is 12.1. The summed E-state index contributed by atoms with van der Waals surface area (Å²) < 4.78 is 0. The first-order valence-electron chi connectivity index (χ1n) is 7.35. The summed E-state index contributed by atoms with van der Waals surface area (Å²) in [4.78, 5) is 28.4. The topological polar surface area (TPSA) is 82.5 Å². The van der Waals surface area contributed by atoms with E-state index in [0.717, 1.165) is 31.8 Å². The molecule has 0 aromatic carbocycles. The first-order valence-corrected chi connectivity index (χ1v) is 7.35. The van der Waals surface area contributed by atoms with Crippen LogP contribution in [0.2, 0.25) is 0 Å². The number of carbonyl (C=O) groups is 2. The van der Waals surface area contributed by atoms with E-state index in [1.807, 2.05) is 0 Å². The van der Waals surface area contributed by atoms with E-state index in [-0.39, 0.29) is 11.7 Å². The molecule has 2 rings (SSSR count). The maximum Gasteiger partial charge on any atom is 0.354 e. The van der Waals surface area contributed by atoms with Gasteiger partial charge in [-0.15, -0.1) is 0 Å². The highest BCUT2D eigenvalue weighted by molar-refractivity contribution is 5.90. The Morgan fingerprint density at radius 1 is 1.38 bits per heavy atom. The van der Waals surface area contributed by atoms with Gasteiger partial charge in [-0.3, -0.25) is 0 Å². The Morgan fingerprint density at radius 3 is 2.62 bits per heavy atom. The number of aromatic carboxylic acids is 1. The highest BCUT2D eigenvalue weighted by atomic mass is 16.4. The van der Waals surface area contributed by atoms with Crippen molar-refractivity contribution in [3.05, 3.63) is 24.0 Å². The number of pyridine rings is 1. The van der Waals surface area contributed by atoms with E-state index in [4.69, 9.17) is 5.11 Å². The molecule has 2 amide bonds. The molecule has 0 unspecified atom stereocenters. The third kappa shape index (κ3) is 4.18. The average Bonchev–Trinajstić information content (AvgIpc) is 2.49. The molecule has 2 N–H and O–H groups in total. The van der Waals surface area contributed by atoms with Gasteiger partial charge in [0.1, 0.15) is 5.69 Å². The molecule has 0 radical (unpaired) electrons. The van der Waals surface area contributed by atoms with E-state index >= 15 is 0 Å². The van der Waals surface area contributed by atoms with Crippen molar-refractivity contribution in [2.45, 2.75) is 32.6 Å². The fourth-order valence-electron chi connectivity index (χ4n) is 2.63. The molecular formula is C15H21N3O3. The summed E-state index contributed by atoms with van der Waals surface area (Å²) >= 11 is 0. The smallest absolute Gasteiger partial charge is 0.354 e. The summed E-state index contributed by atoms with van der Waals surface area (Å²) in [5, 5.41) is 11.5. The van der Waals surface area contributed by atoms with Gasteiger partial charge in [0.2, 0.25) is 0 Å². The van der Waals surface area contributed by atoms with Crippen molar-refractivity contribution >= 4 is 17.7 Å². The number of hydrogen-bond acceptors (Lipinski definition) is 3. The molecule has 6 heteroatoms. The molecule has 1 aliphatic rings. The van der Waals surface area contributed by atoms with Crippen LogP contribution in [0.15, 0.2) is 18.3 Å². The molecule has 6 nitrogen and oxygen atoms in total. The largest absolute Gasteiger partial charge is 0.477 e. The Balaban J connectivity index is 1.86. The molecule has 1 aliphatic heterocycles. The molecule has 0 saturated carbocycles. The predicted molar refractivity (Wildman–Crippen MR) is 79.4 cm³/mol. The summed E-state index contributed by atoms with van der Waals surface area (Å²) in [6, 6.07) is 2.79. The van der Waals surface area contributed by atoms with E-state index in [2.05, 4.69) is 17.2 Å². The molecule has 1 fully saturated rings. The number of amides is 2. The number of piperidine rings is 1. The third-order valence-electron chi connectivity index (χ3n) is 3.83. The summed E-state index contributed by atoms with van der Waals surface area (Å²) in [6.45, 7) is 3.74. The lowest BCUT2D eigenvalue weighted by atomic mass is 9.93. The number of nitrogens with one attached hydrogen (secondary N) is 1. The number of aromatic nitrogens is 1. The lowest BCUT2D eigenvalue weighted by Crippen LogP contribution is -2.41. The SMILES string of the molecule is CCCC1CCN(C(=O)Nc2ccc(C(=O)O)nc2)CC1. The number of rotatable bonds is 4. The second kappa shape index (κ2) is 7.06. The summed E-state index contributed by atoms with van der Waals surface area (Å²) in [5.41, 5.74) is 0.481. The molecule has 1 saturated heterocycles. The van der Waals surface area contributed by atoms with Gasteiger partial charge in [-0.05, 0) is 30.9 Å². The van der Waals surface area contributed by atoms with Gasteiger partial charge in [-0.2, -0.15) is 0 Å². The van der Waals surface area contributed by atoms with E-state index in [1.54, 1.807) is 11.0 Å². The zero-order valence-electron chi connectivity index (χ0n) is 12.2. The molecule has 1 aromatic heterocycles. The Kier molecular flexibility index (Phi) is 5.14. The third-order valence-corrected chi connectivity index (χ3v) is 3.83. The zero-order chi connectivity index (χ0) is 15.2. The first-order chi connectivity index (χ1) is 10.1. The van der Waals surface area contributed by atoms with Crippen molar-refractivity contribution in [1.29, 1.82) is 0 Å². The Hall–Kier alpha value is -2.11. The van der Waals surface area contributed by atoms with Gasteiger partial charge in [0.25, 0.3) is 0 Å². The van der Waals surface area contributed by atoms with Gasteiger partial charge < -0.3 is 15.3 Å². The molecule has 1 aromatic rings. The van der Waals surface area contributed by atoms with Crippen LogP contribution in [0.4, 0.5) is 10.5 Å². The molecule has 21 heavy (non-hydrogen) atoms. The van der Waals surface area contributed by atoms with Crippen molar-refractivity contribution in [1.82, 2.24) is 9.88 Å². The normalized spacial score (nSPS) is 15.8. The number of carbonyl (C=O) groups excluding carboxylic acids is 1. The Bertz CT molecular complexity index is 493. The highest BCUT2D eigenvalue weighted by Gasteiger charge is 2.22. The summed E-state index contributed by atoms with van der Waals surface area (Å²) in [5.74, 6) is -0.346. The fourth-order valence-corrected chi connectivity index (χ4v) is 2.63. The Labute approximate surface area is 124 Å². The van der Waals surface area contributed by atoms with Gasteiger partial charge in [0, 0.05) is 13.1 Å². The van der Waals surface area contributed by atoms with Crippen molar-refractivity contribution in [3.8, 4) is 0 Å². The number of carboxylic acid groups (broad SMARTS) is 1. The summed E-state index contributed by atoms with van der Waals surface area (Å²) in [7, 11) is 0. The van der Waals surface area contributed by atoms with E-state index < -0.39 is 5.97 Å². The van der Waals surface area contributed by atoms with Crippen LogP contribution in [-0.4, -0.2) is 40.1 Å². The molecule has 2 heterocycles. The fraction of sp³-hybridized carbons (Fsp3) is 0.533. The monoisotopic (exact) mass is 291 g/mol. The molecular weight excluding hydrogens is 270 g/mol. The molecule has 0 aliphatic carbocycles. The van der Waals surface area contributed by atoms with Crippen LogP contribution in [0.3, 0.4) is 0 Å². The van der Waals surface area contributed by atoms with Gasteiger partial charge in [-0.1, -0.05) is 19.8 Å². The van der Waals surface area contributed by atoms with Crippen LogP contribution in [0.25, 0.3) is 0 Å². The number of hydrogen-bond donors (Lipinski definition) is 2. The van der Waals surface area contributed by atoms with E-state index in [1.165, 1.54) is 25.1 Å². The number of nitrogens with zero attached hydrogens (tertiary/aromatic N) is 2. The standard InChI is InChI=1S/C15H21N3O3/c1-2-3-11-6-8-18(9-7-11)15(21)17-12-4-5-13(14(19)20)16-10-12/h4-5,10-11H,2-3,6-9H2,1H3,(H,17,21)(H,19,20). The van der Waals surface area contributed by atoms with Gasteiger partial charge in [0.15, 0.2) is 0 Å². The van der Waals surface area contributed by atoms with Crippen LogP contribution in [0.1, 0.15) is 43.1 Å². The predicted octanol–water partition coefficient (Wildman–Crippen LogP) is 2.82. The van der Waals surface area contributed by atoms with Gasteiger partial charge >= 0.3 is 12.0 Å². The minimum absolute atomic E-state index is 0.0339. The number of likely N-dealkylation sites (tertiary alicyclic amines) is 1. The van der Waals surface area contributed by atoms with Crippen molar-refractivity contribution < 1.29 is 14.7 Å². The van der Waals surface area contributed by atoms with Crippen molar-refractivity contribution in [2.24, 2.45) is 5.92 Å². The average molecular weight is 291 g/mol. The molecule has 0 spiro atoms. The number of urea groups is 1. The quantitative estimate of drug-likeness (QED) is 0.893. The zero-order valence-corrected chi connectivity index (χ0v) is 12.2. The lowest BCUT2D eigenvalue weighted by molar-refractivity contribution is 0.0690. The highest BCUT2D eigenvalue weighted by Crippen LogP contribution is 2.22. The van der Waals surface area contributed by atoms with Crippen LogP contribution >= 0.6 is 0 Å². The number of carboxylic acids is 1. The van der Waals surface area contributed by atoms with Crippen molar-refractivity contribution in [3.63, 3.8) is 0 Å². The minimum Gasteiger partial charge on any atom is -0.477 e. The molecule has 114 valence electrons. The van der Waals surface area contributed by atoms with Crippen LogP contribution in [0, 0.1) is 5.92 Å². The second-order valence-electron chi connectivity index (χ2n) is 5.39. The second-order valence-corrected chi connectivity index (χ2v) is 5.39. The first kappa shape index (κ1) is 15.3. The molecule has 0 atom stereocenters. The lowest BCUT2D eigenvalue weighted by Gasteiger charge is -2.31. The van der Waals surface area contributed by atoms with Crippen LogP contribution in [0.5, 0.6) is 0 Å². The maximum atomic E-state index is 12.1. The van der Waals surface area contributed by atoms with E-state index in [0.29, 0.717) is 5.69 Å². The number of anilines is 1.